The number of fused-ring (bicyclic) bond motifs is 4. The van der Waals surface area contributed by atoms with Crippen molar-refractivity contribution in [2.75, 3.05) is 23.9 Å². The highest BCUT2D eigenvalue weighted by atomic mass is 15.2. The maximum Gasteiger partial charge on any atom is 0.251 e. The second-order valence-electron chi connectivity index (χ2n) is 7.26. The van der Waals surface area contributed by atoms with Crippen LogP contribution in [0, 0.1) is 5.92 Å². The van der Waals surface area contributed by atoms with Crippen LogP contribution in [0.25, 0.3) is 0 Å². The van der Waals surface area contributed by atoms with Crippen molar-refractivity contribution in [3.8, 4) is 0 Å². The third-order valence-electron chi connectivity index (χ3n) is 5.82. The summed E-state index contributed by atoms with van der Waals surface area (Å²) in [6.45, 7) is 2.69. The first kappa shape index (κ1) is 14.0. The van der Waals surface area contributed by atoms with Crippen molar-refractivity contribution in [1.29, 1.82) is 0 Å². The van der Waals surface area contributed by atoms with Gasteiger partial charge in [0.15, 0.2) is 0 Å². The molecule has 1 atom stereocenters. The molecule has 0 amide bonds. The fraction of sp³-hybridized carbons (Fsp3) is 0.238. The molecule has 0 N–H and O–H groups in total. The van der Waals surface area contributed by atoms with E-state index in [1.165, 1.54) is 39.2 Å². The van der Waals surface area contributed by atoms with Gasteiger partial charge in [0.2, 0.25) is 0 Å². The standard InChI is InChI=1S/C21H21BN2/c1-14-12-19-21-20(13-14)24(3)18-11-7-5-9-16(18)22(21)15-8-4-6-10-17(15)23(19)2/h4-12,14H,13H2,1-3H3. The van der Waals surface area contributed by atoms with Crippen molar-refractivity contribution in [3.05, 3.63) is 71.5 Å². The van der Waals surface area contributed by atoms with Crippen LogP contribution in [0.4, 0.5) is 11.4 Å². The summed E-state index contributed by atoms with van der Waals surface area (Å²) in [6.07, 6.45) is 3.58. The van der Waals surface area contributed by atoms with Gasteiger partial charge in [-0.1, -0.05) is 49.4 Å². The minimum absolute atomic E-state index is 0.360. The first-order valence-corrected chi connectivity index (χ1v) is 8.77. The van der Waals surface area contributed by atoms with E-state index in [1.807, 2.05) is 0 Å². The molecule has 5 rings (SSSR count). The van der Waals surface area contributed by atoms with Gasteiger partial charge >= 0.3 is 0 Å². The topological polar surface area (TPSA) is 6.48 Å². The van der Waals surface area contributed by atoms with Crippen LogP contribution < -0.4 is 20.7 Å². The predicted octanol–water partition coefficient (Wildman–Crippen LogP) is 2.91. The number of benzene rings is 2. The summed E-state index contributed by atoms with van der Waals surface area (Å²) >= 11 is 0. The fourth-order valence-electron chi connectivity index (χ4n) is 4.73. The predicted molar refractivity (Wildman–Crippen MR) is 104 cm³/mol. The number of rotatable bonds is 0. The van der Waals surface area contributed by atoms with Crippen LogP contribution >= 0.6 is 0 Å². The molecule has 0 saturated heterocycles. The molecule has 118 valence electrons. The lowest BCUT2D eigenvalue weighted by Crippen LogP contribution is -2.57. The Bertz CT molecular complexity index is 912. The summed E-state index contributed by atoms with van der Waals surface area (Å²) in [5, 5.41) is 0. The molecule has 1 unspecified atom stereocenters. The highest BCUT2D eigenvalue weighted by Crippen LogP contribution is 2.42. The van der Waals surface area contributed by atoms with Crippen LogP contribution in [0.1, 0.15) is 13.3 Å². The molecule has 0 saturated carbocycles. The van der Waals surface area contributed by atoms with Crippen molar-refractivity contribution in [1.82, 2.24) is 0 Å². The molecule has 3 heteroatoms. The number of anilines is 2. The average Bonchev–Trinajstić information content (AvgIpc) is 2.61. The molecule has 3 aliphatic rings. The molecule has 24 heavy (non-hydrogen) atoms. The third-order valence-corrected chi connectivity index (χ3v) is 5.82. The van der Waals surface area contributed by atoms with Gasteiger partial charge in [-0.2, -0.15) is 0 Å². The van der Waals surface area contributed by atoms with E-state index in [1.54, 1.807) is 0 Å². The molecule has 2 heterocycles. The summed E-state index contributed by atoms with van der Waals surface area (Å²) in [5.74, 6) is 0.569. The Hall–Kier alpha value is -2.42. The maximum absolute atomic E-state index is 2.46. The Kier molecular flexibility index (Phi) is 2.79. The molecule has 0 spiro atoms. The van der Waals surface area contributed by atoms with E-state index in [0.717, 1.165) is 6.42 Å². The Morgan fingerprint density at radius 3 is 2.12 bits per heavy atom. The zero-order valence-corrected chi connectivity index (χ0v) is 14.5. The lowest BCUT2D eigenvalue weighted by atomic mass is 9.32. The SMILES string of the molecule is CC1C=C2C3=C(C1)N(C)c1ccccc1B3c1ccccc1N2C. The Balaban J connectivity index is 1.88. The van der Waals surface area contributed by atoms with E-state index in [9.17, 15) is 0 Å². The van der Waals surface area contributed by atoms with Gasteiger partial charge in [-0.3, -0.25) is 0 Å². The lowest BCUT2D eigenvalue weighted by Gasteiger charge is -2.46. The van der Waals surface area contributed by atoms with E-state index >= 15 is 0 Å². The quantitative estimate of drug-likeness (QED) is 0.690. The molecule has 0 bridgehead atoms. The van der Waals surface area contributed by atoms with E-state index < -0.39 is 0 Å². The normalized spacial score (nSPS) is 21.2. The zero-order valence-electron chi connectivity index (χ0n) is 14.5. The summed E-state index contributed by atoms with van der Waals surface area (Å²) in [7, 11) is 4.44. The van der Waals surface area contributed by atoms with Crippen LogP contribution in [-0.2, 0) is 0 Å². The first-order chi connectivity index (χ1) is 11.7. The highest BCUT2D eigenvalue weighted by molar-refractivity contribution is 6.94. The van der Waals surface area contributed by atoms with Gasteiger partial charge in [0.1, 0.15) is 0 Å². The smallest absolute Gasteiger partial charge is 0.251 e. The minimum Gasteiger partial charge on any atom is -0.349 e. The number of hydrogen-bond donors (Lipinski definition) is 0. The Morgan fingerprint density at radius 1 is 0.875 bits per heavy atom. The van der Waals surface area contributed by atoms with Crippen molar-refractivity contribution >= 4 is 29.0 Å². The molecule has 2 nitrogen and oxygen atoms in total. The largest absolute Gasteiger partial charge is 0.349 e. The number of nitrogens with zero attached hydrogens (tertiary/aromatic N) is 2. The van der Waals surface area contributed by atoms with E-state index in [0.29, 0.717) is 12.6 Å². The average molecular weight is 312 g/mol. The van der Waals surface area contributed by atoms with Crippen LogP contribution in [0.5, 0.6) is 0 Å². The monoisotopic (exact) mass is 312 g/mol. The summed E-state index contributed by atoms with van der Waals surface area (Å²) < 4.78 is 0. The van der Waals surface area contributed by atoms with Crippen LogP contribution in [0.15, 0.2) is 71.5 Å². The van der Waals surface area contributed by atoms with Gasteiger partial charge in [-0.05, 0) is 40.9 Å². The Labute approximate surface area is 144 Å². The van der Waals surface area contributed by atoms with Gasteiger partial charge < -0.3 is 9.80 Å². The first-order valence-electron chi connectivity index (χ1n) is 8.77. The van der Waals surface area contributed by atoms with E-state index in [4.69, 9.17) is 0 Å². The summed E-state index contributed by atoms with van der Waals surface area (Å²) in [5.41, 5.74) is 9.95. The van der Waals surface area contributed by atoms with Gasteiger partial charge in [-0.25, -0.2) is 0 Å². The van der Waals surface area contributed by atoms with Crippen LogP contribution in [0.2, 0.25) is 0 Å². The van der Waals surface area contributed by atoms with Crippen LogP contribution in [-0.4, -0.2) is 20.8 Å². The second kappa shape index (κ2) is 4.79. The number of para-hydroxylation sites is 2. The van der Waals surface area contributed by atoms with E-state index in [2.05, 4.69) is 85.4 Å². The lowest BCUT2D eigenvalue weighted by molar-refractivity contribution is 0.674. The van der Waals surface area contributed by atoms with Crippen molar-refractivity contribution in [3.63, 3.8) is 0 Å². The molecule has 0 fully saturated rings. The molecular formula is C21H21BN2. The van der Waals surface area contributed by atoms with Gasteiger partial charge in [0.05, 0.1) is 0 Å². The van der Waals surface area contributed by atoms with E-state index in [-0.39, 0.29) is 0 Å². The highest BCUT2D eigenvalue weighted by Gasteiger charge is 2.43. The van der Waals surface area contributed by atoms with Crippen molar-refractivity contribution in [2.24, 2.45) is 5.92 Å². The van der Waals surface area contributed by atoms with Gasteiger partial charge in [0.25, 0.3) is 6.71 Å². The molecule has 1 aliphatic carbocycles. The maximum atomic E-state index is 2.46. The summed E-state index contributed by atoms with van der Waals surface area (Å²) in [4.78, 5) is 4.81. The van der Waals surface area contributed by atoms with Crippen molar-refractivity contribution < 1.29 is 0 Å². The van der Waals surface area contributed by atoms with Gasteiger partial charge in [0, 0.05) is 36.9 Å². The molecule has 2 aliphatic heterocycles. The summed E-state index contributed by atoms with van der Waals surface area (Å²) in [6, 6.07) is 17.8. The second-order valence-corrected chi connectivity index (χ2v) is 7.26. The fourth-order valence-corrected chi connectivity index (χ4v) is 4.73. The molecule has 2 aromatic rings. The molecule has 0 radical (unpaired) electrons. The van der Waals surface area contributed by atoms with Crippen LogP contribution in [0.3, 0.4) is 0 Å². The van der Waals surface area contributed by atoms with Crippen molar-refractivity contribution in [2.45, 2.75) is 13.3 Å². The molecule has 2 aromatic carbocycles. The zero-order chi connectivity index (χ0) is 16.4. The minimum atomic E-state index is 0.360. The van der Waals surface area contributed by atoms with Gasteiger partial charge in [-0.15, -0.1) is 0 Å². The third kappa shape index (κ3) is 1.67. The number of likely N-dealkylation sites (N-methyl/N-ethyl adjacent to an activating group) is 1. The Morgan fingerprint density at radius 2 is 1.46 bits per heavy atom. The number of hydrogen-bond acceptors (Lipinski definition) is 2. The molecule has 0 aromatic heterocycles. The molecular weight excluding hydrogens is 291 g/mol. The number of allylic oxidation sites excluding steroid dienone is 3.